The molecule has 2 aromatic rings. The van der Waals surface area contributed by atoms with Gasteiger partial charge in [-0.2, -0.15) is 5.26 Å². The lowest BCUT2D eigenvalue weighted by atomic mass is 9.99. The number of ether oxygens (including phenoxy) is 2. The van der Waals surface area contributed by atoms with Gasteiger partial charge in [0.2, 0.25) is 0 Å². The molecular formula is C26H35N5O4. The number of nitriles is 1. The van der Waals surface area contributed by atoms with Gasteiger partial charge in [-0.05, 0) is 85.3 Å². The molecular weight excluding hydrogens is 446 g/mol. The number of imidazole rings is 1. The van der Waals surface area contributed by atoms with Gasteiger partial charge in [0.1, 0.15) is 28.8 Å². The first-order valence-electron chi connectivity index (χ1n) is 11.9. The molecule has 1 aliphatic carbocycles. The highest BCUT2D eigenvalue weighted by molar-refractivity contribution is 5.88. The number of aromatic nitrogens is 3. The fourth-order valence-electron chi connectivity index (χ4n) is 3.86. The molecule has 0 bridgehead atoms. The van der Waals surface area contributed by atoms with E-state index in [1.807, 2.05) is 29.8 Å². The zero-order valence-electron chi connectivity index (χ0n) is 21.7. The van der Waals surface area contributed by atoms with E-state index in [0.29, 0.717) is 25.0 Å². The third-order valence-corrected chi connectivity index (χ3v) is 5.67. The van der Waals surface area contributed by atoms with Gasteiger partial charge >= 0.3 is 12.2 Å². The minimum absolute atomic E-state index is 0.0842. The van der Waals surface area contributed by atoms with Gasteiger partial charge in [0.05, 0.1) is 11.8 Å². The van der Waals surface area contributed by atoms with Crippen molar-refractivity contribution in [3.05, 3.63) is 42.1 Å². The number of hydrogen-bond acceptors (Lipinski definition) is 7. The van der Waals surface area contributed by atoms with Gasteiger partial charge in [-0.3, -0.25) is 4.57 Å². The zero-order chi connectivity index (χ0) is 26.0. The predicted octanol–water partition coefficient (Wildman–Crippen LogP) is 5.31. The predicted molar refractivity (Wildman–Crippen MR) is 130 cm³/mol. The number of amides is 2. The Morgan fingerprint density at radius 1 is 1.14 bits per heavy atom. The van der Waals surface area contributed by atoms with E-state index in [4.69, 9.17) is 9.47 Å². The number of pyridine rings is 1. The second-order valence-electron chi connectivity index (χ2n) is 11.1. The Balaban J connectivity index is 1.65. The summed E-state index contributed by atoms with van der Waals surface area (Å²) in [6.07, 6.45) is 5.70. The van der Waals surface area contributed by atoms with Crippen LogP contribution in [0, 0.1) is 24.2 Å². The molecule has 2 unspecified atom stereocenters. The third kappa shape index (κ3) is 6.59. The Kier molecular flexibility index (Phi) is 7.25. The van der Waals surface area contributed by atoms with Gasteiger partial charge in [-0.15, -0.1) is 0 Å². The van der Waals surface area contributed by atoms with Crippen molar-refractivity contribution in [1.82, 2.24) is 19.4 Å². The molecule has 0 saturated heterocycles. The quantitative estimate of drug-likeness (QED) is 0.550. The summed E-state index contributed by atoms with van der Waals surface area (Å²) in [6, 6.07) is 6.33. The summed E-state index contributed by atoms with van der Waals surface area (Å²) in [6.45, 7) is 12.6. The van der Waals surface area contributed by atoms with Crippen LogP contribution in [0.2, 0.25) is 0 Å². The number of hydrogen-bond donors (Lipinski definition) is 0. The van der Waals surface area contributed by atoms with E-state index in [-0.39, 0.29) is 12.5 Å². The summed E-state index contributed by atoms with van der Waals surface area (Å²) in [5, 5.41) is 9.96. The molecule has 1 saturated carbocycles. The lowest BCUT2D eigenvalue weighted by molar-refractivity contribution is 0.00112. The van der Waals surface area contributed by atoms with Crippen molar-refractivity contribution in [2.24, 2.45) is 5.92 Å². The first-order chi connectivity index (χ1) is 16.2. The highest BCUT2D eigenvalue weighted by atomic mass is 16.6. The van der Waals surface area contributed by atoms with E-state index in [2.05, 4.69) is 16.0 Å². The Hall–Kier alpha value is -3.41. The van der Waals surface area contributed by atoms with Crippen LogP contribution in [0.5, 0.6) is 0 Å². The molecule has 1 fully saturated rings. The van der Waals surface area contributed by atoms with Crippen LogP contribution < -0.4 is 0 Å². The molecule has 35 heavy (non-hydrogen) atoms. The van der Waals surface area contributed by atoms with Crippen molar-refractivity contribution < 1.29 is 19.1 Å². The van der Waals surface area contributed by atoms with Crippen LogP contribution in [-0.4, -0.2) is 49.4 Å². The fourth-order valence-corrected chi connectivity index (χ4v) is 3.86. The van der Waals surface area contributed by atoms with E-state index in [1.165, 1.54) is 0 Å². The molecule has 2 heterocycles. The van der Waals surface area contributed by atoms with Gasteiger partial charge in [-0.1, -0.05) is 6.07 Å². The van der Waals surface area contributed by atoms with E-state index in [1.54, 1.807) is 54.1 Å². The highest BCUT2D eigenvalue weighted by Crippen LogP contribution is 2.55. The molecule has 0 aromatic carbocycles. The first-order valence-corrected chi connectivity index (χ1v) is 11.9. The molecule has 2 amide bonds. The summed E-state index contributed by atoms with van der Waals surface area (Å²) in [5.41, 5.74) is -0.372. The molecule has 1 aliphatic rings. The van der Waals surface area contributed by atoms with Crippen LogP contribution in [-0.2, 0) is 14.9 Å². The van der Waals surface area contributed by atoms with Gasteiger partial charge in [0, 0.05) is 18.9 Å². The summed E-state index contributed by atoms with van der Waals surface area (Å²) >= 11 is 0. The topological polar surface area (TPSA) is 110 Å². The van der Waals surface area contributed by atoms with Gasteiger partial charge in [0.25, 0.3) is 0 Å². The molecule has 3 rings (SSSR count). The molecule has 9 nitrogen and oxygen atoms in total. The van der Waals surface area contributed by atoms with Crippen LogP contribution in [0.1, 0.15) is 72.1 Å². The van der Waals surface area contributed by atoms with Crippen LogP contribution >= 0.6 is 0 Å². The minimum Gasteiger partial charge on any atom is -0.443 e. The lowest BCUT2D eigenvalue weighted by Crippen LogP contribution is -2.44. The Morgan fingerprint density at radius 3 is 2.29 bits per heavy atom. The van der Waals surface area contributed by atoms with Crippen LogP contribution in [0.3, 0.4) is 0 Å². The number of carbonyl (C=O) groups is 2. The Morgan fingerprint density at radius 2 is 1.77 bits per heavy atom. The van der Waals surface area contributed by atoms with Crippen molar-refractivity contribution in [2.75, 3.05) is 6.54 Å². The third-order valence-electron chi connectivity index (χ3n) is 5.67. The second kappa shape index (κ2) is 9.68. The maximum absolute atomic E-state index is 12.7. The number of rotatable bonds is 6. The summed E-state index contributed by atoms with van der Waals surface area (Å²) < 4.78 is 12.6. The number of carbonyl (C=O) groups excluding carboxylic acids is 2. The van der Waals surface area contributed by atoms with Crippen molar-refractivity contribution >= 4 is 12.2 Å². The molecule has 0 spiro atoms. The highest BCUT2D eigenvalue weighted by Gasteiger charge is 2.57. The standard InChI is InChI=1S/C26H35N5O4/c1-18-10-11-21(28-14-18)30-15-20(29-17-30)26(16-27)13-19(26)9-8-12-31(22(32)34-24(2,3)4)23(33)35-25(5,6)7/h10-11,14-15,17,19H,8-9,12-13H2,1-7H3. The van der Waals surface area contributed by atoms with Crippen molar-refractivity contribution in [2.45, 2.75) is 84.3 Å². The van der Waals surface area contributed by atoms with Gasteiger partial charge in [-0.25, -0.2) is 24.5 Å². The summed E-state index contributed by atoms with van der Waals surface area (Å²) in [4.78, 5) is 35.3. The van der Waals surface area contributed by atoms with Crippen LogP contribution in [0.15, 0.2) is 30.9 Å². The molecule has 0 N–H and O–H groups in total. The average molecular weight is 482 g/mol. The number of nitrogens with zero attached hydrogens (tertiary/aromatic N) is 5. The molecule has 2 aromatic heterocycles. The van der Waals surface area contributed by atoms with Crippen LogP contribution in [0.4, 0.5) is 9.59 Å². The maximum atomic E-state index is 12.7. The SMILES string of the molecule is Cc1ccc(-n2cnc(C3(C#N)CC3CCCN(C(=O)OC(C)(C)C)C(=O)OC(C)(C)C)c2)nc1. The Labute approximate surface area is 207 Å². The summed E-state index contributed by atoms with van der Waals surface area (Å²) in [7, 11) is 0. The maximum Gasteiger partial charge on any atom is 0.419 e. The first kappa shape index (κ1) is 26.2. The monoisotopic (exact) mass is 481 g/mol. The largest absolute Gasteiger partial charge is 0.443 e. The van der Waals surface area contributed by atoms with E-state index < -0.39 is 28.8 Å². The number of imide groups is 1. The van der Waals surface area contributed by atoms with E-state index in [9.17, 15) is 14.9 Å². The van der Waals surface area contributed by atoms with Gasteiger partial charge in [0.15, 0.2) is 0 Å². The lowest BCUT2D eigenvalue weighted by Gasteiger charge is -2.28. The second-order valence-corrected chi connectivity index (χ2v) is 11.1. The van der Waals surface area contributed by atoms with Crippen molar-refractivity contribution in [3.8, 4) is 11.9 Å². The fraction of sp³-hybridized carbons (Fsp3) is 0.577. The zero-order valence-corrected chi connectivity index (χ0v) is 21.7. The van der Waals surface area contributed by atoms with Gasteiger partial charge < -0.3 is 9.47 Å². The summed E-state index contributed by atoms with van der Waals surface area (Å²) in [5.74, 6) is 0.825. The minimum atomic E-state index is -0.741. The average Bonchev–Trinajstić information content (AvgIpc) is 3.22. The smallest absolute Gasteiger partial charge is 0.419 e. The number of aryl methyl sites for hydroxylation is 1. The normalized spacial score (nSPS) is 19.5. The molecule has 9 heteroatoms. The van der Waals surface area contributed by atoms with E-state index in [0.717, 1.165) is 16.3 Å². The molecule has 188 valence electrons. The Bertz CT molecular complexity index is 1080. The molecule has 2 atom stereocenters. The van der Waals surface area contributed by atoms with E-state index >= 15 is 0 Å². The van der Waals surface area contributed by atoms with Crippen LogP contribution in [0.25, 0.3) is 5.82 Å². The van der Waals surface area contributed by atoms with Crippen molar-refractivity contribution in [1.29, 1.82) is 5.26 Å². The molecule has 0 aliphatic heterocycles. The molecule has 0 radical (unpaired) electrons. The van der Waals surface area contributed by atoms with Crippen molar-refractivity contribution in [3.63, 3.8) is 0 Å².